The normalized spacial score (nSPS) is 11.4. The number of aromatic nitrogens is 5. The Morgan fingerprint density at radius 3 is 2.60 bits per heavy atom. The van der Waals surface area contributed by atoms with Crippen molar-refractivity contribution in [1.82, 2.24) is 29.7 Å². The number of fused-ring (bicyclic) bond motifs is 1. The van der Waals surface area contributed by atoms with Crippen LogP contribution in [0.4, 0.5) is 0 Å². The number of nitrogens with zero attached hydrogens (tertiary/aromatic N) is 6. The Morgan fingerprint density at radius 2 is 1.80 bits per heavy atom. The van der Waals surface area contributed by atoms with E-state index < -0.39 is 0 Å². The molecule has 2 aromatic heterocycles. The average molecular weight is 368 g/mol. The number of tetrazole rings is 1. The highest BCUT2D eigenvalue weighted by atomic mass is 32.1. The average Bonchev–Trinajstić information content (AvgIpc) is 3.19. The maximum atomic E-state index is 5.50. The second-order valence-corrected chi connectivity index (χ2v) is 7.22. The van der Waals surface area contributed by atoms with Crippen LogP contribution in [0.15, 0.2) is 54.6 Å². The third-order valence-corrected chi connectivity index (χ3v) is 5.16. The van der Waals surface area contributed by atoms with Crippen LogP contribution >= 0.6 is 23.6 Å². The molecule has 6 nitrogen and oxygen atoms in total. The summed E-state index contributed by atoms with van der Waals surface area (Å²) in [6.07, 6.45) is 0. The van der Waals surface area contributed by atoms with Crippen LogP contribution in [0.3, 0.4) is 0 Å². The highest BCUT2D eigenvalue weighted by molar-refractivity contribution is 7.71. The zero-order valence-corrected chi connectivity index (χ0v) is 15.2. The second kappa shape index (κ2) is 6.83. The molecule has 0 bridgehead atoms. The summed E-state index contributed by atoms with van der Waals surface area (Å²) in [4.78, 5) is 6.79. The van der Waals surface area contributed by atoms with Crippen molar-refractivity contribution in [2.24, 2.45) is 0 Å². The van der Waals surface area contributed by atoms with Crippen molar-refractivity contribution in [3.63, 3.8) is 0 Å². The molecule has 4 rings (SSSR count). The van der Waals surface area contributed by atoms with E-state index in [2.05, 4.69) is 26.4 Å². The first-order chi connectivity index (χ1) is 12.2. The molecule has 0 aliphatic rings. The zero-order chi connectivity index (χ0) is 17.2. The largest absolute Gasteiger partial charge is 0.281 e. The van der Waals surface area contributed by atoms with Gasteiger partial charge in [-0.25, -0.2) is 9.67 Å². The first kappa shape index (κ1) is 16.1. The summed E-state index contributed by atoms with van der Waals surface area (Å²) < 4.78 is 5.16. The maximum Gasteiger partial charge on any atom is 0.221 e. The lowest BCUT2D eigenvalue weighted by Crippen LogP contribution is -2.22. The van der Waals surface area contributed by atoms with Crippen LogP contribution in [0.5, 0.6) is 0 Å². The maximum absolute atomic E-state index is 5.50. The molecular formula is C17H16N6S2. The SMILES string of the molecule is CN(Cc1nc2ccccc2s1)Cn1nnn(-c2ccccc2)c1=S. The van der Waals surface area contributed by atoms with Crippen LogP contribution in [0.2, 0.25) is 0 Å². The quantitative estimate of drug-likeness (QED) is 0.505. The molecule has 0 radical (unpaired) electrons. The van der Waals surface area contributed by atoms with Gasteiger partial charge in [0.15, 0.2) is 0 Å². The Kier molecular flexibility index (Phi) is 4.39. The summed E-state index contributed by atoms with van der Waals surface area (Å²) in [6.45, 7) is 1.29. The van der Waals surface area contributed by atoms with Crippen LogP contribution in [-0.4, -0.2) is 36.7 Å². The van der Waals surface area contributed by atoms with E-state index in [0.717, 1.165) is 22.8 Å². The Labute approximate surface area is 153 Å². The molecule has 2 heterocycles. The summed E-state index contributed by atoms with van der Waals surface area (Å²) in [6, 6.07) is 18.0. The Morgan fingerprint density at radius 1 is 1.04 bits per heavy atom. The second-order valence-electron chi connectivity index (χ2n) is 5.74. The molecule has 2 aromatic carbocycles. The van der Waals surface area contributed by atoms with E-state index in [4.69, 9.17) is 12.2 Å². The summed E-state index contributed by atoms with van der Waals surface area (Å²) in [5, 5.41) is 9.42. The van der Waals surface area contributed by atoms with Crippen LogP contribution in [0, 0.1) is 4.77 Å². The zero-order valence-electron chi connectivity index (χ0n) is 13.6. The van der Waals surface area contributed by atoms with Crippen molar-refractivity contribution in [2.45, 2.75) is 13.2 Å². The summed E-state index contributed by atoms with van der Waals surface area (Å²) in [5.41, 5.74) is 1.95. The minimum atomic E-state index is 0.557. The van der Waals surface area contributed by atoms with Crippen molar-refractivity contribution in [3.8, 4) is 5.69 Å². The minimum absolute atomic E-state index is 0.557. The van der Waals surface area contributed by atoms with Gasteiger partial charge in [0, 0.05) is 0 Å². The molecule has 0 unspecified atom stereocenters. The molecule has 8 heteroatoms. The van der Waals surface area contributed by atoms with Gasteiger partial charge in [0.05, 0.1) is 29.1 Å². The molecule has 0 saturated carbocycles. The van der Waals surface area contributed by atoms with E-state index >= 15 is 0 Å². The Hall–Kier alpha value is -2.42. The van der Waals surface area contributed by atoms with Gasteiger partial charge in [0.25, 0.3) is 0 Å². The third kappa shape index (κ3) is 3.37. The van der Waals surface area contributed by atoms with Gasteiger partial charge in [-0.1, -0.05) is 30.3 Å². The molecule has 0 amide bonds. The van der Waals surface area contributed by atoms with Gasteiger partial charge in [0.1, 0.15) is 5.01 Å². The highest BCUT2D eigenvalue weighted by Gasteiger charge is 2.10. The first-order valence-electron chi connectivity index (χ1n) is 7.82. The van der Waals surface area contributed by atoms with E-state index in [1.165, 1.54) is 4.70 Å². The van der Waals surface area contributed by atoms with Crippen LogP contribution in [0.1, 0.15) is 5.01 Å². The highest BCUT2D eigenvalue weighted by Crippen LogP contribution is 2.22. The monoisotopic (exact) mass is 368 g/mol. The van der Waals surface area contributed by atoms with Gasteiger partial charge in [-0.05, 0) is 54.0 Å². The number of rotatable bonds is 5. The molecule has 0 saturated heterocycles. The molecule has 4 aromatic rings. The van der Waals surface area contributed by atoms with Gasteiger partial charge >= 0.3 is 0 Å². The van der Waals surface area contributed by atoms with Gasteiger partial charge in [-0.3, -0.25) is 4.90 Å². The van der Waals surface area contributed by atoms with E-state index in [0.29, 0.717) is 11.4 Å². The van der Waals surface area contributed by atoms with Crippen LogP contribution in [0.25, 0.3) is 15.9 Å². The van der Waals surface area contributed by atoms with Gasteiger partial charge in [-0.2, -0.15) is 4.68 Å². The van der Waals surface area contributed by atoms with Crippen molar-refractivity contribution in [2.75, 3.05) is 7.05 Å². The topological polar surface area (TPSA) is 51.8 Å². The Bertz CT molecular complexity index is 1020. The standard InChI is InChI=1S/C17H16N6S2/c1-21(11-16-18-14-9-5-6-10-15(14)25-16)12-22-17(24)23(20-19-22)13-7-3-2-4-8-13/h2-10H,11-12H2,1H3. The number of para-hydroxylation sites is 2. The number of hydrogen-bond acceptors (Lipinski definition) is 6. The van der Waals surface area contributed by atoms with Crippen molar-refractivity contribution in [3.05, 3.63) is 64.4 Å². The lowest BCUT2D eigenvalue weighted by atomic mass is 10.3. The molecule has 25 heavy (non-hydrogen) atoms. The fourth-order valence-corrected chi connectivity index (χ4v) is 3.88. The van der Waals surface area contributed by atoms with Gasteiger partial charge in [0.2, 0.25) is 4.77 Å². The molecule has 126 valence electrons. The molecule has 0 spiro atoms. The lowest BCUT2D eigenvalue weighted by molar-refractivity contribution is 0.242. The van der Waals surface area contributed by atoms with E-state index in [1.54, 1.807) is 20.7 Å². The minimum Gasteiger partial charge on any atom is -0.281 e. The predicted octanol–water partition coefficient (Wildman–Crippen LogP) is 3.50. The number of hydrogen-bond donors (Lipinski definition) is 0. The van der Waals surface area contributed by atoms with Crippen molar-refractivity contribution < 1.29 is 0 Å². The van der Waals surface area contributed by atoms with Gasteiger partial charge < -0.3 is 0 Å². The summed E-state index contributed by atoms with van der Waals surface area (Å²) in [5.74, 6) is 0. The van der Waals surface area contributed by atoms with Crippen LogP contribution < -0.4 is 0 Å². The lowest BCUT2D eigenvalue weighted by Gasteiger charge is -2.13. The molecule has 0 fully saturated rings. The molecular weight excluding hydrogens is 352 g/mol. The van der Waals surface area contributed by atoms with E-state index in [9.17, 15) is 0 Å². The Balaban J connectivity index is 1.50. The molecule has 0 aliphatic carbocycles. The summed E-state index contributed by atoms with van der Waals surface area (Å²) >= 11 is 7.22. The number of thiazole rings is 1. The fraction of sp³-hybridized carbons (Fsp3) is 0.176. The van der Waals surface area contributed by atoms with Gasteiger partial charge in [-0.15, -0.1) is 11.3 Å². The molecule has 0 aliphatic heterocycles. The van der Waals surface area contributed by atoms with Crippen molar-refractivity contribution in [1.29, 1.82) is 0 Å². The van der Waals surface area contributed by atoms with Crippen LogP contribution in [-0.2, 0) is 13.2 Å². The summed E-state index contributed by atoms with van der Waals surface area (Å²) in [7, 11) is 2.02. The predicted molar refractivity (Wildman–Crippen MR) is 101 cm³/mol. The fourth-order valence-electron chi connectivity index (χ4n) is 2.59. The van der Waals surface area contributed by atoms with E-state index in [1.807, 2.05) is 55.6 Å². The van der Waals surface area contributed by atoms with E-state index in [-0.39, 0.29) is 0 Å². The van der Waals surface area contributed by atoms with Crippen molar-refractivity contribution >= 4 is 33.8 Å². The third-order valence-electron chi connectivity index (χ3n) is 3.76. The smallest absolute Gasteiger partial charge is 0.221 e. The molecule has 0 atom stereocenters. The first-order valence-corrected chi connectivity index (χ1v) is 9.04. The molecule has 0 N–H and O–H groups in total. The number of benzene rings is 2.